The SMILES string of the molecule is CN(C)c1cc(NC(N)=NCc2ccccc2)c(O)c2c1CC1CC3C(N(C)C)C(=O)C(C(N)=O)=C(O)C3(O)C(=O)C1=C2O. The zero-order chi connectivity index (χ0) is 32.2. The highest BCUT2D eigenvalue weighted by atomic mass is 16.3. The summed E-state index contributed by atoms with van der Waals surface area (Å²) in [5.41, 5.74) is 9.83. The predicted molar refractivity (Wildman–Crippen MR) is 164 cm³/mol. The number of aliphatic hydroxyl groups excluding tert-OH is 2. The van der Waals surface area contributed by atoms with Crippen molar-refractivity contribution in [2.45, 2.75) is 31.0 Å². The van der Waals surface area contributed by atoms with Gasteiger partial charge in [-0.2, -0.15) is 0 Å². The molecule has 3 aliphatic rings. The first kappa shape index (κ1) is 30.6. The third kappa shape index (κ3) is 4.64. The maximum Gasteiger partial charge on any atom is 0.255 e. The second-order valence-electron chi connectivity index (χ2n) is 11.8. The van der Waals surface area contributed by atoms with Gasteiger partial charge in [-0.3, -0.25) is 19.3 Å². The van der Waals surface area contributed by atoms with Crippen LogP contribution >= 0.6 is 0 Å². The number of anilines is 2. The molecule has 0 heterocycles. The van der Waals surface area contributed by atoms with E-state index in [0.29, 0.717) is 11.3 Å². The number of guanidine groups is 1. The lowest BCUT2D eigenvalue weighted by atomic mass is 9.57. The van der Waals surface area contributed by atoms with Crippen LogP contribution in [0, 0.1) is 11.8 Å². The number of fused-ring (bicyclic) bond motifs is 3. The Balaban J connectivity index is 1.63. The molecule has 0 bridgehead atoms. The number of amides is 1. The molecular weight excluding hydrogens is 568 g/mol. The van der Waals surface area contributed by atoms with Crippen LogP contribution in [0.5, 0.6) is 5.75 Å². The fourth-order valence-corrected chi connectivity index (χ4v) is 6.72. The van der Waals surface area contributed by atoms with Crippen LogP contribution in [-0.2, 0) is 27.3 Å². The molecule has 9 N–H and O–H groups in total. The van der Waals surface area contributed by atoms with Crippen LogP contribution in [-0.4, -0.2) is 88.6 Å². The van der Waals surface area contributed by atoms with Crippen molar-refractivity contribution in [1.82, 2.24) is 4.90 Å². The Bertz CT molecular complexity index is 1660. The Morgan fingerprint density at radius 2 is 1.75 bits per heavy atom. The number of carbonyl (C=O) groups is 3. The number of phenols is 1. The van der Waals surface area contributed by atoms with Crippen LogP contribution in [0.15, 0.2) is 58.3 Å². The lowest BCUT2D eigenvalue weighted by Crippen LogP contribution is -2.65. The first-order valence-corrected chi connectivity index (χ1v) is 14.0. The molecule has 1 amide bonds. The number of nitrogens with two attached hydrogens (primary N) is 2. The predicted octanol–water partition coefficient (Wildman–Crippen LogP) is 0.957. The van der Waals surface area contributed by atoms with E-state index in [0.717, 1.165) is 5.56 Å². The van der Waals surface area contributed by atoms with E-state index >= 15 is 0 Å². The normalized spacial score (nSPS) is 25.0. The molecule has 4 unspecified atom stereocenters. The molecule has 44 heavy (non-hydrogen) atoms. The van der Waals surface area contributed by atoms with Crippen molar-refractivity contribution in [2.24, 2.45) is 28.3 Å². The van der Waals surface area contributed by atoms with E-state index in [-0.39, 0.29) is 42.2 Å². The number of hydrogen-bond acceptors (Lipinski definition) is 10. The summed E-state index contributed by atoms with van der Waals surface area (Å²) in [7, 11) is 6.67. The summed E-state index contributed by atoms with van der Waals surface area (Å²) in [5, 5.41) is 48.8. The van der Waals surface area contributed by atoms with Crippen molar-refractivity contribution in [3.63, 3.8) is 0 Å². The van der Waals surface area contributed by atoms with E-state index in [2.05, 4.69) is 10.3 Å². The first-order chi connectivity index (χ1) is 20.7. The highest BCUT2D eigenvalue weighted by molar-refractivity contribution is 6.24. The van der Waals surface area contributed by atoms with Crippen molar-refractivity contribution in [1.29, 1.82) is 0 Å². The van der Waals surface area contributed by atoms with Crippen molar-refractivity contribution in [2.75, 3.05) is 38.4 Å². The molecule has 0 aliphatic heterocycles. The maximum absolute atomic E-state index is 14.1. The molecule has 5 rings (SSSR count). The van der Waals surface area contributed by atoms with E-state index in [1.54, 1.807) is 39.2 Å². The number of Topliss-reactive ketones (excluding diaryl/α,β-unsaturated/α-hetero) is 2. The Morgan fingerprint density at radius 3 is 2.34 bits per heavy atom. The van der Waals surface area contributed by atoms with Crippen molar-refractivity contribution in [3.8, 4) is 5.75 Å². The fourth-order valence-electron chi connectivity index (χ4n) is 6.72. The first-order valence-electron chi connectivity index (χ1n) is 14.0. The monoisotopic (exact) mass is 604 g/mol. The number of nitrogens with one attached hydrogen (secondary N) is 1. The molecule has 13 nitrogen and oxygen atoms in total. The summed E-state index contributed by atoms with van der Waals surface area (Å²) in [6, 6.07) is 9.90. The summed E-state index contributed by atoms with van der Waals surface area (Å²) in [6.45, 7) is 0.276. The number of primary amides is 1. The van der Waals surface area contributed by atoms with E-state index in [1.165, 1.54) is 4.90 Å². The van der Waals surface area contributed by atoms with Crippen LogP contribution < -0.4 is 21.7 Å². The van der Waals surface area contributed by atoms with E-state index in [4.69, 9.17) is 11.5 Å². The standard InChI is InChI=1S/C31H36N6O7/c1-36(2)19-12-18(35-30(33)34-13-14-8-6-5-7-9-14)24(38)21-16(19)10-15-11-17-23(37(3)4)26(40)22(29(32)43)28(42)31(17,44)27(41)20(15)25(21)39/h5-9,12,15,17,23,38-39,42,44H,10-11,13H2,1-4H3,(H2,32,43)(H3,33,34,35). The number of hydrogen-bond donors (Lipinski definition) is 7. The van der Waals surface area contributed by atoms with Crippen LogP contribution in [0.3, 0.4) is 0 Å². The number of aromatic hydroxyl groups is 1. The van der Waals surface area contributed by atoms with Gasteiger partial charge in [0.2, 0.25) is 5.78 Å². The summed E-state index contributed by atoms with van der Waals surface area (Å²) >= 11 is 0. The summed E-state index contributed by atoms with van der Waals surface area (Å²) in [6.07, 6.45) is 0.159. The Hall–Kier alpha value is -4.88. The minimum Gasteiger partial charge on any atom is -0.508 e. The third-order valence-corrected chi connectivity index (χ3v) is 8.72. The van der Waals surface area contributed by atoms with E-state index in [1.807, 2.05) is 30.3 Å². The topological polar surface area (TPSA) is 215 Å². The fraction of sp³-hybridized carbons (Fsp3) is 0.355. The molecule has 1 fully saturated rings. The number of ketones is 2. The Kier molecular flexibility index (Phi) is 7.64. The molecule has 3 aliphatic carbocycles. The quantitative estimate of drug-likeness (QED) is 0.107. The van der Waals surface area contributed by atoms with E-state index < -0.39 is 63.8 Å². The van der Waals surface area contributed by atoms with Crippen LogP contribution in [0.2, 0.25) is 0 Å². The number of aliphatic imine (C=N–C) groups is 1. The lowest BCUT2D eigenvalue weighted by molar-refractivity contribution is -0.153. The largest absolute Gasteiger partial charge is 0.508 e. The number of benzene rings is 2. The van der Waals surface area contributed by atoms with Gasteiger partial charge >= 0.3 is 0 Å². The molecule has 1 saturated carbocycles. The third-order valence-electron chi connectivity index (χ3n) is 8.72. The van der Waals surface area contributed by atoms with Gasteiger partial charge in [0.25, 0.3) is 5.91 Å². The molecule has 0 aromatic heterocycles. The summed E-state index contributed by atoms with van der Waals surface area (Å²) in [5.74, 6) is -7.15. The molecular formula is C31H36N6O7. The average Bonchev–Trinajstić information content (AvgIpc) is 2.95. The number of likely N-dealkylation sites (N-methyl/N-ethyl adjacent to an activating group) is 1. The smallest absolute Gasteiger partial charge is 0.255 e. The number of nitrogens with zero attached hydrogens (tertiary/aromatic N) is 3. The van der Waals surface area contributed by atoms with Gasteiger partial charge in [-0.25, -0.2) is 4.99 Å². The Labute approximate surface area is 253 Å². The molecule has 232 valence electrons. The Morgan fingerprint density at radius 1 is 1.09 bits per heavy atom. The zero-order valence-electron chi connectivity index (χ0n) is 24.8. The number of phenolic OH excluding ortho intramolecular Hbond substituents is 1. The summed E-state index contributed by atoms with van der Waals surface area (Å²) < 4.78 is 0. The van der Waals surface area contributed by atoms with E-state index in [9.17, 15) is 34.8 Å². The molecule has 13 heteroatoms. The van der Waals surface area contributed by atoms with Crippen molar-refractivity contribution < 1.29 is 34.8 Å². The molecule has 2 aromatic carbocycles. The van der Waals surface area contributed by atoms with Gasteiger partial charge in [0, 0.05) is 31.3 Å². The molecule has 0 spiro atoms. The van der Waals surface area contributed by atoms with Crippen LogP contribution in [0.1, 0.15) is 23.1 Å². The number of carbonyl (C=O) groups excluding carboxylic acids is 3. The average molecular weight is 605 g/mol. The lowest BCUT2D eigenvalue weighted by Gasteiger charge is -2.50. The van der Waals surface area contributed by atoms with Crippen LogP contribution in [0.25, 0.3) is 5.76 Å². The molecule has 4 atom stereocenters. The minimum atomic E-state index is -2.71. The zero-order valence-corrected chi connectivity index (χ0v) is 24.8. The van der Waals surface area contributed by atoms with Crippen molar-refractivity contribution in [3.05, 3.63) is 70.0 Å². The van der Waals surface area contributed by atoms with Gasteiger partial charge in [-0.1, -0.05) is 30.3 Å². The second-order valence-corrected chi connectivity index (χ2v) is 11.8. The molecule has 0 radical (unpaired) electrons. The highest BCUT2D eigenvalue weighted by Gasteiger charge is 2.64. The van der Waals surface area contributed by atoms with Gasteiger partial charge in [0.05, 0.1) is 23.8 Å². The summed E-state index contributed by atoms with van der Waals surface area (Å²) in [4.78, 5) is 47.1. The maximum atomic E-state index is 14.1. The van der Waals surface area contributed by atoms with Gasteiger partial charge in [-0.05, 0) is 50.0 Å². The second kappa shape index (κ2) is 11.0. The van der Waals surface area contributed by atoms with Gasteiger partial charge < -0.3 is 42.1 Å². The number of rotatable bonds is 6. The van der Waals surface area contributed by atoms with Gasteiger partial charge in [0.15, 0.2) is 17.3 Å². The highest BCUT2D eigenvalue weighted by Crippen LogP contribution is 2.54. The molecule has 2 aromatic rings. The molecule has 0 saturated heterocycles. The van der Waals surface area contributed by atoms with Crippen LogP contribution in [0.4, 0.5) is 11.4 Å². The van der Waals surface area contributed by atoms with Crippen molar-refractivity contribution >= 4 is 40.6 Å². The number of aliphatic hydroxyl groups is 3. The van der Waals surface area contributed by atoms with Gasteiger partial charge in [-0.15, -0.1) is 0 Å². The minimum absolute atomic E-state index is 0.00150. The van der Waals surface area contributed by atoms with Gasteiger partial charge in [0.1, 0.15) is 22.8 Å².